The van der Waals surface area contributed by atoms with Gasteiger partial charge in [-0.25, -0.2) is 0 Å². The van der Waals surface area contributed by atoms with Crippen molar-refractivity contribution in [2.45, 2.75) is 37.3 Å². The highest BCUT2D eigenvalue weighted by molar-refractivity contribution is 8.14. The maximum Gasteiger partial charge on any atom is 0.433 e. The van der Waals surface area contributed by atoms with Crippen LogP contribution in [-0.4, -0.2) is 33.8 Å². The van der Waals surface area contributed by atoms with E-state index in [4.69, 9.17) is 21.2 Å². The predicted octanol–water partition coefficient (Wildman–Crippen LogP) is 3.96. The first-order chi connectivity index (χ1) is 10.2. The van der Waals surface area contributed by atoms with Gasteiger partial charge in [0, 0.05) is 11.7 Å². The van der Waals surface area contributed by atoms with Gasteiger partial charge in [0.05, 0.1) is 18.6 Å². The van der Waals surface area contributed by atoms with E-state index in [0.717, 1.165) is 0 Å². The number of hydrogen-bond donors (Lipinski definition) is 1. The molecule has 2 heterocycles. The number of thioether (sulfide) groups is 1. The number of H-pyrrole nitrogens is 1. The Morgan fingerprint density at radius 2 is 2.23 bits per heavy atom. The van der Waals surface area contributed by atoms with E-state index in [1.165, 1.54) is 18.9 Å². The summed E-state index contributed by atoms with van der Waals surface area (Å²) in [6, 6.07) is 0. The average Bonchev–Trinajstić information content (AvgIpc) is 3.02. The van der Waals surface area contributed by atoms with Gasteiger partial charge in [0.2, 0.25) is 5.88 Å². The molecule has 2 atom stereocenters. The van der Waals surface area contributed by atoms with E-state index in [2.05, 4.69) is 10.3 Å². The first-order valence-corrected chi connectivity index (χ1v) is 7.78. The van der Waals surface area contributed by atoms with Crippen LogP contribution in [0.15, 0.2) is 5.16 Å². The zero-order valence-corrected chi connectivity index (χ0v) is 13.7. The van der Waals surface area contributed by atoms with Crippen molar-refractivity contribution in [3.8, 4) is 5.88 Å². The number of halogens is 4. The molecule has 0 amide bonds. The minimum Gasteiger partial charge on any atom is -0.480 e. The van der Waals surface area contributed by atoms with Crippen LogP contribution in [0.5, 0.6) is 5.88 Å². The molecule has 2 rings (SSSR count). The average molecular weight is 358 g/mol. The Labute approximate surface area is 134 Å². The number of rotatable bonds is 4. The summed E-state index contributed by atoms with van der Waals surface area (Å²) in [6.07, 6.45) is -4.08. The molecule has 1 aliphatic rings. The number of aromatic amines is 1. The lowest BCUT2D eigenvalue weighted by atomic mass is 10.1. The molecule has 1 aromatic rings. The molecule has 2 unspecified atom stereocenters. The smallest absolute Gasteiger partial charge is 0.433 e. The number of hydrogen-bond acceptors (Lipinski definition) is 5. The molecule has 124 valence electrons. The second-order valence-electron chi connectivity index (χ2n) is 5.12. The van der Waals surface area contributed by atoms with E-state index >= 15 is 0 Å². The Hall–Kier alpha value is -1.09. The summed E-state index contributed by atoms with van der Waals surface area (Å²) in [4.78, 5) is 5.23. The minimum atomic E-state index is -4.54. The van der Waals surface area contributed by atoms with Crippen molar-refractivity contribution >= 4 is 28.4 Å². The summed E-state index contributed by atoms with van der Waals surface area (Å²) in [5, 5.41) is 9.49. The Balaban J connectivity index is 2.20. The third kappa shape index (κ3) is 3.45. The maximum atomic E-state index is 13.0. The molecule has 1 aromatic heterocycles. The van der Waals surface area contributed by atoms with Crippen LogP contribution < -0.4 is 4.74 Å². The van der Waals surface area contributed by atoms with E-state index in [9.17, 15) is 13.2 Å². The summed E-state index contributed by atoms with van der Waals surface area (Å²) in [5.74, 6) is 0.171. The van der Waals surface area contributed by atoms with Gasteiger partial charge < -0.3 is 9.57 Å². The van der Waals surface area contributed by atoms with Gasteiger partial charge >= 0.3 is 6.18 Å². The molecule has 0 radical (unpaired) electrons. The lowest BCUT2D eigenvalue weighted by Gasteiger charge is -2.17. The molecule has 0 saturated heterocycles. The van der Waals surface area contributed by atoms with Crippen molar-refractivity contribution in [2.75, 3.05) is 13.0 Å². The van der Waals surface area contributed by atoms with Gasteiger partial charge in [-0.2, -0.15) is 13.2 Å². The highest BCUT2D eigenvalue weighted by atomic mass is 35.5. The predicted molar refractivity (Wildman–Crippen MR) is 78.4 cm³/mol. The van der Waals surface area contributed by atoms with Gasteiger partial charge in [0.1, 0.15) is 10.7 Å². The Morgan fingerprint density at radius 1 is 1.55 bits per heavy atom. The molecule has 1 aliphatic heterocycles. The van der Waals surface area contributed by atoms with Gasteiger partial charge in [0.15, 0.2) is 5.60 Å². The third-order valence-electron chi connectivity index (χ3n) is 3.14. The fourth-order valence-electron chi connectivity index (χ4n) is 2.03. The van der Waals surface area contributed by atoms with Crippen LogP contribution in [-0.2, 0) is 11.0 Å². The molecular weight excluding hydrogens is 343 g/mol. The number of nitrogens with zero attached hydrogens (tertiary/aromatic N) is 2. The Morgan fingerprint density at radius 3 is 2.73 bits per heavy atom. The summed E-state index contributed by atoms with van der Waals surface area (Å²) in [7, 11) is 1.28. The molecule has 22 heavy (non-hydrogen) atoms. The van der Waals surface area contributed by atoms with Crippen molar-refractivity contribution in [3.05, 3.63) is 11.3 Å². The summed E-state index contributed by atoms with van der Waals surface area (Å²) >= 11 is 6.96. The van der Waals surface area contributed by atoms with Crippen molar-refractivity contribution in [1.29, 1.82) is 0 Å². The molecule has 0 spiro atoms. The number of oxime groups is 1. The Bertz CT molecular complexity index is 578. The number of alkyl halides is 4. The van der Waals surface area contributed by atoms with E-state index < -0.39 is 22.7 Å². The van der Waals surface area contributed by atoms with E-state index in [-0.39, 0.29) is 17.3 Å². The summed E-state index contributed by atoms with van der Waals surface area (Å²) in [6.45, 7) is 3.42. The lowest BCUT2D eigenvalue weighted by Crippen LogP contribution is -2.26. The molecule has 0 aliphatic carbocycles. The standard InChI is InChI=1S/C12H15ClF3N3O2S/c1-6(22-7-4-11(2,5-13)21-19-7)8-9(12(14,15)16)17-18-10(8)20-3/h6H,4-5H2,1-3H3,(H,17,18). The second kappa shape index (κ2) is 6.19. The maximum absolute atomic E-state index is 13.0. The fraction of sp³-hybridized carbons (Fsp3) is 0.667. The summed E-state index contributed by atoms with van der Waals surface area (Å²) in [5.41, 5.74) is -1.57. The van der Waals surface area contributed by atoms with Crippen LogP contribution in [0.1, 0.15) is 36.8 Å². The van der Waals surface area contributed by atoms with Crippen LogP contribution in [0.3, 0.4) is 0 Å². The molecule has 1 N–H and O–H groups in total. The number of methoxy groups -OCH3 is 1. The molecule has 0 aromatic carbocycles. The SMILES string of the molecule is COc1n[nH]c(C(F)(F)F)c1C(C)SC1=NOC(C)(CCl)C1. The van der Waals surface area contributed by atoms with Crippen LogP contribution in [0.25, 0.3) is 0 Å². The lowest BCUT2D eigenvalue weighted by molar-refractivity contribution is -0.141. The first-order valence-electron chi connectivity index (χ1n) is 6.37. The van der Waals surface area contributed by atoms with Gasteiger partial charge in [-0.1, -0.05) is 16.9 Å². The summed E-state index contributed by atoms with van der Waals surface area (Å²) < 4.78 is 44.0. The number of nitrogens with one attached hydrogen (secondary N) is 1. The van der Waals surface area contributed by atoms with Crippen molar-refractivity contribution in [3.63, 3.8) is 0 Å². The zero-order chi connectivity index (χ0) is 16.5. The number of ether oxygens (including phenoxy) is 1. The molecule has 10 heteroatoms. The van der Waals surface area contributed by atoms with Crippen LogP contribution in [0.2, 0.25) is 0 Å². The quantitative estimate of drug-likeness (QED) is 0.828. The fourth-order valence-corrected chi connectivity index (χ4v) is 3.38. The number of aromatic nitrogens is 2. The van der Waals surface area contributed by atoms with Gasteiger partial charge in [-0.15, -0.1) is 16.7 Å². The van der Waals surface area contributed by atoms with Crippen LogP contribution in [0, 0.1) is 0 Å². The van der Waals surface area contributed by atoms with Gasteiger partial charge in [-0.3, -0.25) is 5.10 Å². The highest BCUT2D eigenvalue weighted by Crippen LogP contribution is 2.44. The van der Waals surface area contributed by atoms with Crippen molar-refractivity contribution in [2.24, 2.45) is 5.16 Å². The minimum absolute atomic E-state index is 0.0397. The van der Waals surface area contributed by atoms with E-state index in [1.54, 1.807) is 13.8 Å². The van der Waals surface area contributed by atoms with Crippen molar-refractivity contribution < 1.29 is 22.7 Å². The van der Waals surface area contributed by atoms with Crippen LogP contribution in [0.4, 0.5) is 13.2 Å². The van der Waals surface area contributed by atoms with Crippen LogP contribution >= 0.6 is 23.4 Å². The first kappa shape index (κ1) is 17.3. The van der Waals surface area contributed by atoms with E-state index in [0.29, 0.717) is 11.5 Å². The molecular formula is C12H15ClF3N3O2S. The van der Waals surface area contributed by atoms with Gasteiger partial charge in [0.25, 0.3) is 0 Å². The zero-order valence-electron chi connectivity index (χ0n) is 12.1. The topological polar surface area (TPSA) is 59.5 Å². The van der Waals surface area contributed by atoms with Gasteiger partial charge in [-0.05, 0) is 13.8 Å². The molecule has 0 fully saturated rings. The van der Waals surface area contributed by atoms with Crippen molar-refractivity contribution in [1.82, 2.24) is 10.2 Å². The largest absolute Gasteiger partial charge is 0.480 e. The van der Waals surface area contributed by atoms with E-state index in [1.807, 2.05) is 5.10 Å². The molecule has 0 bridgehead atoms. The molecule has 0 saturated carbocycles. The monoisotopic (exact) mass is 357 g/mol. The normalized spacial score (nSPS) is 23.1. The third-order valence-corrected chi connectivity index (χ3v) is 4.79. The second-order valence-corrected chi connectivity index (χ2v) is 6.80. The molecule has 5 nitrogen and oxygen atoms in total. The Kier molecular flexibility index (Phi) is 4.86. The highest BCUT2D eigenvalue weighted by Gasteiger charge is 2.41.